The van der Waals surface area contributed by atoms with Crippen LogP contribution in [0.15, 0.2) is 36.4 Å². The lowest BCUT2D eigenvalue weighted by Gasteiger charge is -2.27. The molecule has 0 spiro atoms. The fourth-order valence-electron chi connectivity index (χ4n) is 2.74. The standard InChI is InChI=1S/C15H17NO/c17-15-8-4-2-6-12(15)14-10-9-11-5-1-3-7-13(11)16-14/h1,3,5,7,9-10,12,15,17H,2,4,6,8H2/t12-,15+/m1/s1. The zero-order chi connectivity index (χ0) is 11.7. The van der Waals surface area contributed by atoms with E-state index in [0.717, 1.165) is 30.5 Å². The molecule has 0 saturated heterocycles. The molecule has 1 aliphatic carbocycles. The summed E-state index contributed by atoms with van der Waals surface area (Å²) in [5.41, 5.74) is 2.08. The smallest absolute Gasteiger partial charge is 0.0705 e. The highest BCUT2D eigenvalue weighted by molar-refractivity contribution is 5.78. The van der Waals surface area contributed by atoms with Crippen LogP contribution in [0.25, 0.3) is 10.9 Å². The Balaban J connectivity index is 1.99. The number of aromatic nitrogens is 1. The largest absolute Gasteiger partial charge is 0.392 e. The van der Waals surface area contributed by atoms with E-state index in [4.69, 9.17) is 0 Å². The van der Waals surface area contributed by atoms with E-state index in [9.17, 15) is 5.11 Å². The number of aliphatic hydroxyl groups excluding tert-OH is 1. The lowest BCUT2D eigenvalue weighted by Crippen LogP contribution is -2.23. The summed E-state index contributed by atoms with van der Waals surface area (Å²) in [4.78, 5) is 4.69. The van der Waals surface area contributed by atoms with E-state index in [0.29, 0.717) is 0 Å². The Morgan fingerprint density at radius 2 is 1.82 bits per heavy atom. The summed E-state index contributed by atoms with van der Waals surface area (Å²) in [5, 5.41) is 11.2. The van der Waals surface area contributed by atoms with Crippen LogP contribution in [0.1, 0.15) is 37.3 Å². The van der Waals surface area contributed by atoms with E-state index in [1.807, 2.05) is 18.2 Å². The molecule has 1 N–H and O–H groups in total. The predicted molar refractivity (Wildman–Crippen MR) is 69.0 cm³/mol. The molecule has 0 amide bonds. The van der Waals surface area contributed by atoms with Gasteiger partial charge in [-0.25, -0.2) is 0 Å². The average molecular weight is 227 g/mol. The number of benzene rings is 1. The van der Waals surface area contributed by atoms with Gasteiger partial charge in [-0.3, -0.25) is 4.98 Å². The Hall–Kier alpha value is -1.41. The fraction of sp³-hybridized carbons (Fsp3) is 0.400. The van der Waals surface area contributed by atoms with Gasteiger partial charge in [0.25, 0.3) is 0 Å². The molecule has 17 heavy (non-hydrogen) atoms. The van der Waals surface area contributed by atoms with Crippen molar-refractivity contribution >= 4 is 10.9 Å². The predicted octanol–water partition coefficient (Wildman–Crippen LogP) is 3.25. The van der Waals surface area contributed by atoms with Crippen LogP contribution < -0.4 is 0 Å². The molecule has 88 valence electrons. The van der Waals surface area contributed by atoms with Gasteiger partial charge in [0.15, 0.2) is 0 Å². The Bertz CT molecular complexity index is 523. The van der Waals surface area contributed by atoms with E-state index in [-0.39, 0.29) is 12.0 Å². The van der Waals surface area contributed by atoms with Gasteiger partial charge < -0.3 is 5.11 Å². The van der Waals surface area contributed by atoms with Crippen molar-refractivity contribution in [2.45, 2.75) is 37.7 Å². The maximum atomic E-state index is 10.1. The van der Waals surface area contributed by atoms with Crippen molar-refractivity contribution < 1.29 is 5.11 Å². The van der Waals surface area contributed by atoms with Gasteiger partial charge >= 0.3 is 0 Å². The summed E-state index contributed by atoms with van der Waals surface area (Å²) in [5.74, 6) is 0.230. The first-order valence-corrected chi connectivity index (χ1v) is 6.38. The third kappa shape index (κ3) is 2.05. The molecule has 0 unspecified atom stereocenters. The molecule has 1 saturated carbocycles. The van der Waals surface area contributed by atoms with Gasteiger partial charge in [-0.1, -0.05) is 37.1 Å². The number of rotatable bonds is 1. The van der Waals surface area contributed by atoms with Crippen LogP contribution >= 0.6 is 0 Å². The molecule has 1 aliphatic rings. The number of nitrogens with zero attached hydrogens (tertiary/aromatic N) is 1. The fourth-order valence-corrected chi connectivity index (χ4v) is 2.74. The molecule has 1 heterocycles. The summed E-state index contributed by atoms with van der Waals surface area (Å²) in [6.07, 6.45) is 4.12. The van der Waals surface area contributed by atoms with Crippen molar-refractivity contribution in [2.75, 3.05) is 0 Å². The van der Waals surface area contributed by atoms with Crippen molar-refractivity contribution in [1.82, 2.24) is 4.98 Å². The minimum Gasteiger partial charge on any atom is -0.392 e. The zero-order valence-corrected chi connectivity index (χ0v) is 9.84. The molecule has 1 aromatic carbocycles. The number of fused-ring (bicyclic) bond motifs is 1. The Morgan fingerprint density at radius 1 is 1.00 bits per heavy atom. The Labute approximate surface area is 101 Å². The van der Waals surface area contributed by atoms with Crippen molar-refractivity contribution in [3.63, 3.8) is 0 Å². The lowest BCUT2D eigenvalue weighted by atomic mass is 9.84. The summed E-state index contributed by atoms with van der Waals surface area (Å²) in [7, 11) is 0. The normalized spacial score (nSPS) is 25.0. The number of hydrogen-bond acceptors (Lipinski definition) is 2. The third-order valence-electron chi connectivity index (χ3n) is 3.73. The van der Waals surface area contributed by atoms with Crippen LogP contribution in [0.3, 0.4) is 0 Å². The second kappa shape index (κ2) is 4.46. The van der Waals surface area contributed by atoms with Gasteiger partial charge in [0.1, 0.15) is 0 Å². The van der Waals surface area contributed by atoms with Crippen LogP contribution in [-0.2, 0) is 0 Å². The summed E-state index contributed by atoms with van der Waals surface area (Å²) in [6.45, 7) is 0. The van der Waals surface area contributed by atoms with E-state index in [2.05, 4.69) is 23.2 Å². The van der Waals surface area contributed by atoms with E-state index in [1.165, 1.54) is 11.8 Å². The minimum atomic E-state index is -0.211. The number of aliphatic hydroxyl groups is 1. The van der Waals surface area contributed by atoms with Crippen molar-refractivity contribution in [3.05, 3.63) is 42.1 Å². The second-order valence-corrected chi connectivity index (χ2v) is 4.89. The summed E-state index contributed by atoms with van der Waals surface area (Å²) < 4.78 is 0. The van der Waals surface area contributed by atoms with Crippen molar-refractivity contribution in [3.8, 4) is 0 Å². The Kier molecular flexibility index (Phi) is 2.81. The van der Waals surface area contributed by atoms with Gasteiger partial charge in [-0.15, -0.1) is 0 Å². The topological polar surface area (TPSA) is 33.1 Å². The van der Waals surface area contributed by atoms with Gasteiger partial charge in [-0.05, 0) is 25.0 Å². The maximum absolute atomic E-state index is 10.1. The maximum Gasteiger partial charge on any atom is 0.0705 e. The molecule has 2 aromatic rings. The van der Waals surface area contributed by atoms with Gasteiger partial charge in [0.2, 0.25) is 0 Å². The molecule has 0 bridgehead atoms. The van der Waals surface area contributed by atoms with Gasteiger partial charge in [0, 0.05) is 17.0 Å². The van der Waals surface area contributed by atoms with E-state index in [1.54, 1.807) is 0 Å². The molecular weight excluding hydrogens is 210 g/mol. The molecule has 2 heteroatoms. The number of para-hydroxylation sites is 1. The quantitative estimate of drug-likeness (QED) is 0.811. The van der Waals surface area contributed by atoms with E-state index < -0.39 is 0 Å². The number of hydrogen-bond donors (Lipinski definition) is 1. The van der Waals surface area contributed by atoms with Crippen molar-refractivity contribution in [1.29, 1.82) is 0 Å². The highest BCUT2D eigenvalue weighted by Gasteiger charge is 2.25. The zero-order valence-electron chi connectivity index (χ0n) is 9.84. The molecule has 1 fully saturated rings. The first kappa shape index (κ1) is 10.7. The first-order chi connectivity index (χ1) is 8.34. The molecule has 2 atom stereocenters. The molecule has 0 aliphatic heterocycles. The molecule has 3 rings (SSSR count). The summed E-state index contributed by atoms with van der Waals surface area (Å²) in [6, 6.07) is 12.3. The second-order valence-electron chi connectivity index (χ2n) is 4.89. The Morgan fingerprint density at radius 3 is 2.71 bits per heavy atom. The summed E-state index contributed by atoms with van der Waals surface area (Å²) >= 11 is 0. The molecule has 0 radical (unpaired) electrons. The van der Waals surface area contributed by atoms with Crippen LogP contribution in [0.5, 0.6) is 0 Å². The van der Waals surface area contributed by atoms with Crippen molar-refractivity contribution in [2.24, 2.45) is 0 Å². The highest BCUT2D eigenvalue weighted by Crippen LogP contribution is 2.32. The minimum absolute atomic E-state index is 0.211. The van der Waals surface area contributed by atoms with E-state index >= 15 is 0 Å². The number of pyridine rings is 1. The highest BCUT2D eigenvalue weighted by atomic mass is 16.3. The lowest BCUT2D eigenvalue weighted by molar-refractivity contribution is 0.104. The average Bonchev–Trinajstić information content (AvgIpc) is 2.39. The SMILES string of the molecule is O[C@H]1CCCC[C@@H]1c1ccc2ccccc2n1. The third-order valence-corrected chi connectivity index (χ3v) is 3.73. The molecular formula is C15H17NO. The van der Waals surface area contributed by atoms with Crippen LogP contribution in [0, 0.1) is 0 Å². The van der Waals surface area contributed by atoms with Gasteiger partial charge in [-0.2, -0.15) is 0 Å². The van der Waals surface area contributed by atoms with Crippen LogP contribution in [0.2, 0.25) is 0 Å². The monoisotopic (exact) mass is 227 g/mol. The molecule has 1 aromatic heterocycles. The first-order valence-electron chi connectivity index (χ1n) is 6.38. The van der Waals surface area contributed by atoms with Crippen LogP contribution in [0.4, 0.5) is 0 Å². The van der Waals surface area contributed by atoms with Crippen LogP contribution in [-0.4, -0.2) is 16.2 Å². The van der Waals surface area contributed by atoms with Gasteiger partial charge in [0.05, 0.1) is 11.6 Å². The molecule has 2 nitrogen and oxygen atoms in total.